The molecule has 1 aliphatic rings. The molecule has 0 radical (unpaired) electrons. The van der Waals surface area contributed by atoms with Gasteiger partial charge in [-0.05, 0) is 19.8 Å². The van der Waals surface area contributed by atoms with Crippen molar-refractivity contribution in [3.05, 3.63) is 35.0 Å². The number of rotatable bonds is 5. The van der Waals surface area contributed by atoms with Crippen molar-refractivity contribution in [2.75, 3.05) is 13.7 Å². The molecule has 7 heteroatoms. The fraction of sp³-hybridized carbons (Fsp3) is 0.385. The summed E-state index contributed by atoms with van der Waals surface area (Å²) < 4.78 is 34.0. The molecule has 0 bridgehead atoms. The molecule has 0 saturated carbocycles. The van der Waals surface area contributed by atoms with Crippen molar-refractivity contribution >= 4 is 15.7 Å². The number of hydrogen-bond acceptors (Lipinski definition) is 6. The lowest BCUT2D eigenvalue weighted by molar-refractivity contribution is 0.342. The van der Waals surface area contributed by atoms with Crippen LogP contribution in [0.2, 0.25) is 0 Å². The Morgan fingerprint density at radius 1 is 1.30 bits per heavy atom. The van der Waals surface area contributed by atoms with Crippen LogP contribution in [0.5, 0.6) is 6.01 Å². The van der Waals surface area contributed by atoms with Crippen LogP contribution in [0, 0.1) is 0 Å². The Bertz CT molecular complexity index is 633. The Labute approximate surface area is 118 Å². The topological polar surface area (TPSA) is 78.4 Å². The predicted octanol–water partition coefficient (Wildman–Crippen LogP) is 1.91. The molecule has 20 heavy (non-hydrogen) atoms. The molecule has 0 spiro atoms. The van der Waals surface area contributed by atoms with E-state index >= 15 is 0 Å². The van der Waals surface area contributed by atoms with Crippen LogP contribution in [-0.2, 0) is 14.3 Å². The summed E-state index contributed by atoms with van der Waals surface area (Å²) in [6.07, 6.45) is 7.85. The fourth-order valence-corrected chi connectivity index (χ4v) is 3.22. The fourth-order valence-electron chi connectivity index (χ4n) is 1.95. The monoisotopic (exact) mass is 296 g/mol. The highest BCUT2D eigenvalue weighted by Gasteiger charge is 2.24. The summed E-state index contributed by atoms with van der Waals surface area (Å²) in [6, 6.07) is 0.239. The van der Waals surface area contributed by atoms with Crippen molar-refractivity contribution in [1.29, 1.82) is 0 Å². The molecule has 0 fully saturated rings. The van der Waals surface area contributed by atoms with E-state index in [1.165, 1.54) is 19.5 Å². The summed E-state index contributed by atoms with van der Waals surface area (Å²) in [7, 11) is -2.23. The van der Waals surface area contributed by atoms with Gasteiger partial charge in [-0.25, -0.2) is 9.97 Å². The number of nitrogens with zero attached hydrogens (tertiary/aromatic N) is 2. The summed E-state index contributed by atoms with van der Waals surface area (Å²) in [6.45, 7) is 1.76. The molecule has 1 aromatic rings. The van der Waals surface area contributed by atoms with E-state index in [2.05, 4.69) is 9.97 Å². The zero-order valence-corrected chi connectivity index (χ0v) is 12.2. The van der Waals surface area contributed by atoms with Crippen LogP contribution in [0.4, 0.5) is 0 Å². The van der Waals surface area contributed by atoms with E-state index in [9.17, 15) is 8.42 Å². The summed E-state index contributed by atoms with van der Waals surface area (Å²) in [5.41, 5.74) is 1.20. The molecule has 0 unspecified atom stereocenters. The average Bonchev–Trinajstić information content (AvgIpc) is 2.47. The molecule has 1 aromatic heterocycles. The van der Waals surface area contributed by atoms with Crippen molar-refractivity contribution in [3.63, 3.8) is 0 Å². The summed E-state index contributed by atoms with van der Waals surface area (Å²) in [4.78, 5) is 8.27. The third kappa shape index (κ3) is 3.05. The third-order valence-corrected chi connectivity index (χ3v) is 4.39. The van der Waals surface area contributed by atoms with Gasteiger partial charge < -0.3 is 4.74 Å². The van der Waals surface area contributed by atoms with Gasteiger partial charge in [-0.1, -0.05) is 12.2 Å². The second-order valence-corrected chi connectivity index (χ2v) is 5.73. The van der Waals surface area contributed by atoms with Crippen LogP contribution in [-0.4, -0.2) is 32.1 Å². The molecule has 6 nitrogen and oxygen atoms in total. The number of aromatic nitrogens is 2. The highest BCUT2D eigenvalue weighted by Crippen LogP contribution is 2.31. The molecule has 0 N–H and O–H groups in total. The van der Waals surface area contributed by atoms with E-state index in [1.54, 1.807) is 13.0 Å². The van der Waals surface area contributed by atoms with Gasteiger partial charge >= 0.3 is 6.01 Å². The Hall–Kier alpha value is -1.73. The van der Waals surface area contributed by atoms with Crippen molar-refractivity contribution in [2.24, 2.45) is 0 Å². The average molecular weight is 296 g/mol. The van der Waals surface area contributed by atoms with Crippen LogP contribution in [0.1, 0.15) is 25.3 Å². The predicted molar refractivity (Wildman–Crippen MR) is 74.4 cm³/mol. The minimum Gasteiger partial charge on any atom is -0.467 e. The lowest BCUT2D eigenvalue weighted by Crippen LogP contribution is -2.12. The number of allylic oxidation sites excluding steroid dienone is 4. The summed E-state index contributed by atoms with van der Waals surface area (Å²) in [5, 5.41) is 0. The van der Waals surface area contributed by atoms with Gasteiger partial charge in [0.1, 0.15) is 0 Å². The number of hydrogen-bond donors (Lipinski definition) is 0. The first-order valence-corrected chi connectivity index (χ1v) is 7.65. The Balaban J connectivity index is 2.48. The Morgan fingerprint density at radius 2 is 2.00 bits per heavy atom. The second kappa shape index (κ2) is 6.15. The lowest BCUT2D eigenvalue weighted by atomic mass is 10.0. The van der Waals surface area contributed by atoms with Gasteiger partial charge in [-0.2, -0.15) is 8.42 Å². The molecule has 0 atom stereocenters. The van der Waals surface area contributed by atoms with Crippen molar-refractivity contribution in [3.8, 4) is 6.01 Å². The van der Waals surface area contributed by atoms with E-state index in [0.29, 0.717) is 24.0 Å². The summed E-state index contributed by atoms with van der Waals surface area (Å²) in [5.74, 6) is 0. The molecular weight excluding hydrogens is 280 g/mol. The van der Waals surface area contributed by atoms with Crippen LogP contribution < -0.4 is 4.74 Å². The maximum atomic E-state index is 12.1. The van der Waals surface area contributed by atoms with Gasteiger partial charge in [-0.3, -0.25) is 4.18 Å². The Kier molecular flexibility index (Phi) is 4.51. The number of methoxy groups -OCH3 is 1. The SMILES string of the molecule is CCOS(=O)(=O)C1=C(c2cnc(OC)nc2)C=CCC1. The normalized spacial score (nSPS) is 15.5. The quantitative estimate of drug-likeness (QED) is 0.772. The van der Waals surface area contributed by atoms with E-state index in [0.717, 1.165) is 0 Å². The maximum absolute atomic E-state index is 12.1. The van der Waals surface area contributed by atoms with E-state index in [-0.39, 0.29) is 17.5 Å². The minimum absolute atomic E-state index is 0.113. The van der Waals surface area contributed by atoms with Crippen LogP contribution in [0.25, 0.3) is 5.57 Å². The third-order valence-electron chi connectivity index (χ3n) is 2.82. The molecule has 2 rings (SSSR count). The first-order chi connectivity index (χ1) is 9.58. The maximum Gasteiger partial charge on any atom is 0.316 e. The van der Waals surface area contributed by atoms with Crippen molar-refractivity contribution < 1.29 is 17.3 Å². The highest BCUT2D eigenvalue weighted by atomic mass is 32.2. The summed E-state index contributed by atoms with van der Waals surface area (Å²) >= 11 is 0. The van der Waals surface area contributed by atoms with Gasteiger partial charge in [0.15, 0.2) is 0 Å². The van der Waals surface area contributed by atoms with Gasteiger partial charge in [0.25, 0.3) is 10.1 Å². The van der Waals surface area contributed by atoms with E-state index in [4.69, 9.17) is 8.92 Å². The zero-order valence-electron chi connectivity index (χ0n) is 11.4. The minimum atomic E-state index is -3.70. The molecule has 0 amide bonds. The Morgan fingerprint density at radius 3 is 2.60 bits per heavy atom. The molecule has 0 aromatic carbocycles. The molecule has 1 heterocycles. The van der Waals surface area contributed by atoms with Gasteiger partial charge in [0.2, 0.25) is 0 Å². The van der Waals surface area contributed by atoms with Gasteiger partial charge in [0, 0.05) is 23.5 Å². The first kappa shape index (κ1) is 14.7. The standard InChI is InChI=1S/C13H16N2O4S/c1-3-19-20(16,17)12-7-5-4-6-11(12)10-8-14-13(18-2)15-9-10/h4,6,8-9H,3,5,7H2,1-2H3. The van der Waals surface area contributed by atoms with E-state index < -0.39 is 10.1 Å². The molecular formula is C13H16N2O4S. The largest absolute Gasteiger partial charge is 0.467 e. The molecule has 0 saturated heterocycles. The van der Waals surface area contributed by atoms with Crippen LogP contribution >= 0.6 is 0 Å². The van der Waals surface area contributed by atoms with E-state index in [1.807, 2.05) is 6.08 Å². The van der Waals surface area contributed by atoms with Crippen LogP contribution in [0.3, 0.4) is 0 Å². The van der Waals surface area contributed by atoms with Crippen molar-refractivity contribution in [1.82, 2.24) is 9.97 Å². The highest BCUT2D eigenvalue weighted by molar-refractivity contribution is 7.90. The van der Waals surface area contributed by atoms with Gasteiger partial charge in [0.05, 0.1) is 18.6 Å². The zero-order chi connectivity index (χ0) is 14.6. The second-order valence-electron chi connectivity index (χ2n) is 4.10. The molecule has 0 aliphatic heterocycles. The van der Waals surface area contributed by atoms with Crippen molar-refractivity contribution in [2.45, 2.75) is 19.8 Å². The number of ether oxygens (including phenoxy) is 1. The smallest absolute Gasteiger partial charge is 0.316 e. The van der Waals surface area contributed by atoms with Gasteiger partial charge in [-0.15, -0.1) is 0 Å². The van der Waals surface area contributed by atoms with Crippen LogP contribution in [0.15, 0.2) is 29.5 Å². The molecule has 108 valence electrons. The lowest BCUT2D eigenvalue weighted by Gasteiger charge is -2.15. The first-order valence-electron chi connectivity index (χ1n) is 6.24. The molecule has 1 aliphatic carbocycles.